The van der Waals surface area contributed by atoms with Gasteiger partial charge < -0.3 is 21.1 Å². The number of anilines is 2. The van der Waals surface area contributed by atoms with Crippen molar-refractivity contribution < 1.29 is 4.74 Å². The third kappa shape index (κ3) is 3.23. The minimum Gasteiger partial charge on any atom is -0.494 e. The number of imidazole rings is 1. The summed E-state index contributed by atoms with van der Waals surface area (Å²) >= 11 is 0. The number of fused-ring (bicyclic) bond motifs is 1. The van der Waals surface area contributed by atoms with Gasteiger partial charge in [-0.15, -0.1) is 5.10 Å². The van der Waals surface area contributed by atoms with Gasteiger partial charge in [0.1, 0.15) is 11.6 Å². The SMILES string of the molecule is CCOc1ccc(-c2cn3nc(NC4CCNC4)cc(N)c3n2)cc1. The average molecular weight is 338 g/mol. The van der Waals surface area contributed by atoms with Gasteiger partial charge in [-0.1, -0.05) is 0 Å². The standard InChI is InChI=1S/C18H22N6O/c1-2-25-14-5-3-12(4-6-14)16-11-24-18(22-16)15(19)9-17(23-24)21-13-7-8-20-10-13/h3-6,9,11,13,20H,2,7-8,10,19H2,1H3,(H,21,23). The van der Waals surface area contributed by atoms with Crippen molar-refractivity contribution in [3.63, 3.8) is 0 Å². The van der Waals surface area contributed by atoms with Gasteiger partial charge in [-0.25, -0.2) is 9.50 Å². The summed E-state index contributed by atoms with van der Waals surface area (Å²) in [6.45, 7) is 4.60. The van der Waals surface area contributed by atoms with Crippen molar-refractivity contribution in [1.29, 1.82) is 0 Å². The van der Waals surface area contributed by atoms with Crippen molar-refractivity contribution in [2.45, 2.75) is 19.4 Å². The number of nitrogen functional groups attached to an aromatic ring is 1. The van der Waals surface area contributed by atoms with Crippen LogP contribution in [-0.2, 0) is 0 Å². The molecule has 1 fully saturated rings. The Morgan fingerprint density at radius 1 is 1.36 bits per heavy atom. The number of hydrogen-bond donors (Lipinski definition) is 3. The lowest BCUT2D eigenvalue weighted by Crippen LogP contribution is -2.23. The van der Waals surface area contributed by atoms with Crippen molar-refractivity contribution >= 4 is 17.2 Å². The first-order valence-electron chi connectivity index (χ1n) is 8.59. The van der Waals surface area contributed by atoms with Gasteiger partial charge in [0.05, 0.1) is 24.2 Å². The molecule has 1 atom stereocenters. The smallest absolute Gasteiger partial charge is 0.177 e. The predicted molar refractivity (Wildman–Crippen MR) is 98.9 cm³/mol. The van der Waals surface area contributed by atoms with Crippen LogP contribution in [-0.4, -0.2) is 40.3 Å². The minimum atomic E-state index is 0.387. The Bertz CT molecular complexity index is 867. The third-order valence-electron chi connectivity index (χ3n) is 4.33. The van der Waals surface area contributed by atoms with E-state index in [1.807, 2.05) is 43.5 Å². The van der Waals surface area contributed by atoms with Crippen molar-refractivity contribution in [3.8, 4) is 17.0 Å². The molecule has 2 aromatic heterocycles. The largest absolute Gasteiger partial charge is 0.494 e. The quantitative estimate of drug-likeness (QED) is 0.660. The van der Waals surface area contributed by atoms with E-state index in [1.165, 1.54) is 0 Å². The summed E-state index contributed by atoms with van der Waals surface area (Å²) in [5.74, 6) is 1.62. The molecule has 130 valence electrons. The molecule has 0 saturated carbocycles. The molecule has 4 N–H and O–H groups in total. The van der Waals surface area contributed by atoms with Gasteiger partial charge in [0.2, 0.25) is 0 Å². The van der Waals surface area contributed by atoms with Crippen LogP contribution in [0.4, 0.5) is 11.5 Å². The zero-order valence-corrected chi connectivity index (χ0v) is 14.2. The molecule has 1 unspecified atom stereocenters. The van der Waals surface area contributed by atoms with E-state index in [4.69, 9.17) is 10.5 Å². The highest BCUT2D eigenvalue weighted by Gasteiger charge is 2.16. The molecule has 25 heavy (non-hydrogen) atoms. The molecule has 3 heterocycles. The summed E-state index contributed by atoms with van der Waals surface area (Å²) in [6, 6.07) is 10.1. The number of nitrogens with zero attached hydrogens (tertiary/aromatic N) is 3. The second-order valence-electron chi connectivity index (χ2n) is 6.17. The van der Waals surface area contributed by atoms with Crippen LogP contribution in [0, 0.1) is 0 Å². The van der Waals surface area contributed by atoms with Crippen molar-refractivity contribution in [2.24, 2.45) is 0 Å². The van der Waals surface area contributed by atoms with Crippen LogP contribution >= 0.6 is 0 Å². The summed E-state index contributed by atoms with van der Waals surface area (Å²) in [6.07, 6.45) is 2.99. The molecule has 4 rings (SSSR count). The van der Waals surface area contributed by atoms with E-state index in [2.05, 4.69) is 20.7 Å². The maximum Gasteiger partial charge on any atom is 0.177 e. The number of aromatic nitrogens is 3. The van der Waals surface area contributed by atoms with Crippen molar-refractivity contribution in [1.82, 2.24) is 19.9 Å². The van der Waals surface area contributed by atoms with E-state index in [1.54, 1.807) is 4.52 Å². The molecule has 0 spiro atoms. The average Bonchev–Trinajstić information content (AvgIpc) is 3.26. The number of nitrogens with one attached hydrogen (secondary N) is 2. The van der Waals surface area contributed by atoms with E-state index in [0.29, 0.717) is 24.0 Å². The van der Waals surface area contributed by atoms with Crippen LogP contribution in [0.2, 0.25) is 0 Å². The summed E-state index contributed by atoms with van der Waals surface area (Å²) in [5.41, 5.74) is 9.30. The fourth-order valence-corrected chi connectivity index (χ4v) is 3.09. The highest BCUT2D eigenvalue weighted by atomic mass is 16.5. The first-order valence-corrected chi connectivity index (χ1v) is 8.59. The second kappa shape index (κ2) is 6.60. The molecule has 0 amide bonds. The molecular weight excluding hydrogens is 316 g/mol. The van der Waals surface area contributed by atoms with E-state index in [9.17, 15) is 0 Å². The topological polar surface area (TPSA) is 89.5 Å². The number of hydrogen-bond acceptors (Lipinski definition) is 6. The van der Waals surface area contributed by atoms with Gasteiger partial charge >= 0.3 is 0 Å². The molecule has 1 aromatic carbocycles. The molecule has 7 nitrogen and oxygen atoms in total. The first-order chi connectivity index (χ1) is 12.2. The van der Waals surface area contributed by atoms with Crippen LogP contribution in [0.3, 0.4) is 0 Å². The lowest BCUT2D eigenvalue weighted by molar-refractivity contribution is 0.340. The Hall–Kier alpha value is -2.80. The lowest BCUT2D eigenvalue weighted by Gasteiger charge is -2.12. The van der Waals surface area contributed by atoms with Crippen LogP contribution in [0.25, 0.3) is 16.9 Å². The van der Waals surface area contributed by atoms with Crippen molar-refractivity contribution in [3.05, 3.63) is 36.5 Å². The number of benzene rings is 1. The lowest BCUT2D eigenvalue weighted by atomic mass is 10.2. The molecule has 1 aliphatic rings. The number of rotatable bonds is 5. The summed E-state index contributed by atoms with van der Waals surface area (Å²) in [4.78, 5) is 4.63. The number of ether oxygens (including phenoxy) is 1. The van der Waals surface area contributed by atoms with Gasteiger partial charge in [0, 0.05) is 24.2 Å². The Morgan fingerprint density at radius 3 is 2.92 bits per heavy atom. The highest BCUT2D eigenvalue weighted by molar-refractivity contribution is 5.72. The van der Waals surface area contributed by atoms with Crippen LogP contribution < -0.4 is 21.1 Å². The predicted octanol–water partition coefficient (Wildman–Crippen LogP) is 2.15. The minimum absolute atomic E-state index is 0.387. The van der Waals surface area contributed by atoms with E-state index < -0.39 is 0 Å². The Kier molecular flexibility index (Phi) is 4.15. The molecule has 7 heteroatoms. The zero-order valence-electron chi connectivity index (χ0n) is 14.2. The normalized spacial score (nSPS) is 17.1. The van der Waals surface area contributed by atoms with Gasteiger partial charge in [-0.2, -0.15) is 0 Å². The van der Waals surface area contributed by atoms with Gasteiger partial charge in [-0.3, -0.25) is 0 Å². The van der Waals surface area contributed by atoms with E-state index in [-0.39, 0.29) is 0 Å². The summed E-state index contributed by atoms with van der Waals surface area (Å²) in [7, 11) is 0. The Balaban J connectivity index is 1.63. The van der Waals surface area contributed by atoms with Gasteiger partial charge in [0.15, 0.2) is 5.65 Å². The third-order valence-corrected chi connectivity index (χ3v) is 4.33. The number of nitrogens with two attached hydrogens (primary N) is 1. The van der Waals surface area contributed by atoms with Crippen LogP contribution in [0.1, 0.15) is 13.3 Å². The van der Waals surface area contributed by atoms with Crippen LogP contribution in [0.5, 0.6) is 5.75 Å². The summed E-state index contributed by atoms with van der Waals surface area (Å²) < 4.78 is 7.22. The van der Waals surface area contributed by atoms with Crippen molar-refractivity contribution in [2.75, 3.05) is 30.7 Å². The molecule has 0 radical (unpaired) electrons. The molecule has 0 aliphatic carbocycles. The van der Waals surface area contributed by atoms with Gasteiger partial charge in [-0.05, 0) is 44.2 Å². The Labute approximate surface area is 146 Å². The first kappa shape index (κ1) is 15.7. The molecule has 0 bridgehead atoms. The van der Waals surface area contributed by atoms with E-state index >= 15 is 0 Å². The molecule has 1 saturated heterocycles. The molecule has 3 aromatic rings. The fraction of sp³-hybridized carbons (Fsp3) is 0.333. The van der Waals surface area contributed by atoms with Crippen LogP contribution in [0.15, 0.2) is 36.5 Å². The highest BCUT2D eigenvalue weighted by Crippen LogP contribution is 2.25. The maximum atomic E-state index is 6.19. The Morgan fingerprint density at radius 2 is 2.20 bits per heavy atom. The molecular formula is C18H22N6O. The molecule has 1 aliphatic heterocycles. The van der Waals surface area contributed by atoms with Gasteiger partial charge in [0.25, 0.3) is 0 Å². The zero-order chi connectivity index (χ0) is 17.2. The van der Waals surface area contributed by atoms with E-state index in [0.717, 1.165) is 42.3 Å². The second-order valence-corrected chi connectivity index (χ2v) is 6.17. The maximum absolute atomic E-state index is 6.19. The summed E-state index contributed by atoms with van der Waals surface area (Å²) in [5, 5.41) is 11.4. The monoisotopic (exact) mass is 338 g/mol. The fourth-order valence-electron chi connectivity index (χ4n) is 3.09.